The summed E-state index contributed by atoms with van der Waals surface area (Å²) in [7, 11) is 0. The second-order valence-corrected chi connectivity index (χ2v) is 6.41. The van der Waals surface area contributed by atoms with Crippen LogP contribution in [-0.4, -0.2) is 53.5 Å². The molecule has 0 bridgehead atoms. The zero-order chi connectivity index (χ0) is 17.6. The summed E-state index contributed by atoms with van der Waals surface area (Å²) < 4.78 is 13.3. The lowest BCUT2D eigenvalue weighted by molar-refractivity contribution is -0.132. The van der Waals surface area contributed by atoms with Crippen LogP contribution in [0.25, 0.3) is 0 Å². The van der Waals surface area contributed by atoms with Gasteiger partial charge < -0.3 is 10.0 Å². The molecule has 1 N–H and O–H groups in total. The smallest absolute Gasteiger partial charge is 0.227 e. The van der Waals surface area contributed by atoms with Gasteiger partial charge in [-0.05, 0) is 23.3 Å². The van der Waals surface area contributed by atoms with E-state index in [0.29, 0.717) is 44.7 Å². The van der Waals surface area contributed by atoms with Crippen molar-refractivity contribution in [2.45, 2.75) is 12.5 Å². The first-order chi connectivity index (χ1) is 12.1. The molecule has 5 heteroatoms. The van der Waals surface area contributed by atoms with Crippen LogP contribution in [0.3, 0.4) is 0 Å². The van der Waals surface area contributed by atoms with Crippen LogP contribution >= 0.6 is 0 Å². The van der Waals surface area contributed by atoms with E-state index in [1.54, 1.807) is 12.1 Å². The highest BCUT2D eigenvalue weighted by Gasteiger charge is 2.23. The lowest BCUT2D eigenvalue weighted by Gasteiger charge is -2.35. The number of carbonyl (C=O) groups is 1. The molecule has 1 heterocycles. The van der Waals surface area contributed by atoms with Crippen LogP contribution in [0.1, 0.15) is 17.2 Å². The van der Waals surface area contributed by atoms with Crippen molar-refractivity contribution in [1.29, 1.82) is 0 Å². The molecular weight excluding hydrogens is 319 g/mol. The molecule has 1 amide bonds. The van der Waals surface area contributed by atoms with Crippen molar-refractivity contribution in [3.63, 3.8) is 0 Å². The Labute approximate surface area is 147 Å². The molecule has 0 spiro atoms. The molecular formula is C20H23FN2O2. The maximum Gasteiger partial charge on any atom is 0.227 e. The highest BCUT2D eigenvalue weighted by molar-refractivity contribution is 5.78. The predicted molar refractivity (Wildman–Crippen MR) is 94.5 cm³/mol. The Bertz CT molecular complexity index is 700. The summed E-state index contributed by atoms with van der Waals surface area (Å²) in [5.74, 6) is -0.204. The number of hydrogen-bond acceptors (Lipinski definition) is 3. The van der Waals surface area contributed by atoms with E-state index >= 15 is 0 Å². The largest absolute Gasteiger partial charge is 0.387 e. The predicted octanol–water partition coefficient (Wildman–Crippen LogP) is 2.25. The number of halogens is 1. The third kappa shape index (κ3) is 4.87. The highest BCUT2D eigenvalue weighted by atomic mass is 19.1. The Morgan fingerprint density at radius 3 is 2.44 bits per heavy atom. The van der Waals surface area contributed by atoms with E-state index < -0.39 is 6.10 Å². The van der Waals surface area contributed by atoms with Crippen LogP contribution in [0.2, 0.25) is 0 Å². The molecule has 0 saturated carbocycles. The molecule has 3 rings (SSSR count). The molecule has 2 aromatic rings. The molecule has 0 aliphatic carbocycles. The van der Waals surface area contributed by atoms with Gasteiger partial charge in [-0.3, -0.25) is 9.69 Å². The number of rotatable bonds is 5. The average molecular weight is 342 g/mol. The van der Waals surface area contributed by atoms with Crippen LogP contribution in [0.4, 0.5) is 4.39 Å². The fourth-order valence-corrected chi connectivity index (χ4v) is 3.13. The maximum atomic E-state index is 13.3. The Morgan fingerprint density at radius 2 is 1.76 bits per heavy atom. The number of aliphatic hydroxyl groups excluding tert-OH is 1. The van der Waals surface area contributed by atoms with Gasteiger partial charge in [0, 0.05) is 32.7 Å². The summed E-state index contributed by atoms with van der Waals surface area (Å²) in [5, 5.41) is 10.3. The van der Waals surface area contributed by atoms with Gasteiger partial charge in [0.1, 0.15) is 5.82 Å². The number of amides is 1. The van der Waals surface area contributed by atoms with Gasteiger partial charge >= 0.3 is 0 Å². The number of nitrogens with zero attached hydrogens (tertiary/aromatic N) is 2. The molecule has 1 aliphatic rings. The Morgan fingerprint density at radius 1 is 1.04 bits per heavy atom. The van der Waals surface area contributed by atoms with Crippen molar-refractivity contribution in [1.82, 2.24) is 9.80 Å². The molecule has 132 valence electrons. The number of carbonyl (C=O) groups excluding carboxylic acids is 1. The SMILES string of the molecule is O=C(Cc1ccccc1)N1CCN(CC(O)c2cccc(F)c2)CC1. The molecule has 1 atom stereocenters. The van der Waals surface area contributed by atoms with Gasteiger partial charge in [0.25, 0.3) is 0 Å². The van der Waals surface area contributed by atoms with Gasteiger partial charge in [0.2, 0.25) is 5.91 Å². The number of aliphatic hydroxyl groups is 1. The van der Waals surface area contributed by atoms with Crippen LogP contribution in [-0.2, 0) is 11.2 Å². The van der Waals surface area contributed by atoms with Crippen molar-refractivity contribution in [2.75, 3.05) is 32.7 Å². The van der Waals surface area contributed by atoms with Gasteiger partial charge in [-0.15, -0.1) is 0 Å². The van der Waals surface area contributed by atoms with Crippen molar-refractivity contribution >= 4 is 5.91 Å². The second-order valence-electron chi connectivity index (χ2n) is 6.41. The molecule has 1 fully saturated rings. The minimum absolute atomic E-state index is 0.136. The topological polar surface area (TPSA) is 43.8 Å². The summed E-state index contributed by atoms with van der Waals surface area (Å²) in [4.78, 5) is 16.4. The minimum Gasteiger partial charge on any atom is -0.387 e. The average Bonchev–Trinajstić information content (AvgIpc) is 2.63. The van der Waals surface area contributed by atoms with E-state index in [1.807, 2.05) is 35.2 Å². The van der Waals surface area contributed by atoms with Crippen LogP contribution < -0.4 is 0 Å². The molecule has 0 radical (unpaired) electrons. The normalized spacial score (nSPS) is 16.6. The fourth-order valence-electron chi connectivity index (χ4n) is 3.13. The lowest BCUT2D eigenvalue weighted by Crippen LogP contribution is -2.50. The number of β-amino-alcohol motifs (C(OH)–C–C–N with tert-alkyl or cyclic N) is 1. The van der Waals surface area contributed by atoms with E-state index in [9.17, 15) is 14.3 Å². The third-order valence-electron chi connectivity index (χ3n) is 4.59. The van der Waals surface area contributed by atoms with Crippen LogP contribution in [0, 0.1) is 5.82 Å². The molecule has 0 aromatic heterocycles. The first-order valence-electron chi connectivity index (χ1n) is 8.59. The maximum absolute atomic E-state index is 13.3. The summed E-state index contributed by atoms with van der Waals surface area (Å²) in [5.41, 5.74) is 1.61. The minimum atomic E-state index is -0.720. The molecule has 25 heavy (non-hydrogen) atoms. The Hall–Kier alpha value is -2.24. The molecule has 1 aliphatic heterocycles. The Balaban J connectivity index is 1.47. The van der Waals surface area contributed by atoms with Crippen molar-refractivity contribution < 1.29 is 14.3 Å². The zero-order valence-corrected chi connectivity index (χ0v) is 14.1. The van der Waals surface area contributed by atoms with Gasteiger partial charge in [0.15, 0.2) is 0 Å². The van der Waals surface area contributed by atoms with Crippen LogP contribution in [0.5, 0.6) is 0 Å². The molecule has 2 aromatic carbocycles. The summed E-state index contributed by atoms with van der Waals surface area (Å²) in [6, 6.07) is 15.8. The summed E-state index contributed by atoms with van der Waals surface area (Å²) in [6.07, 6.45) is -0.297. The number of benzene rings is 2. The number of piperazine rings is 1. The van der Waals surface area contributed by atoms with Crippen LogP contribution in [0.15, 0.2) is 54.6 Å². The van der Waals surface area contributed by atoms with E-state index in [-0.39, 0.29) is 11.7 Å². The molecule has 1 unspecified atom stereocenters. The van der Waals surface area contributed by atoms with Crippen molar-refractivity contribution in [3.8, 4) is 0 Å². The highest BCUT2D eigenvalue weighted by Crippen LogP contribution is 2.16. The van der Waals surface area contributed by atoms with Gasteiger partial charge in [0.05, 0.1) is 12.5 Å². The van der Waals surface area contributed by atoms with Gasteiger partial charge in [-0.1, -0.05) is 42.5 Å². The zero-order valence-electron chi connectivity index (χ0n) is 14.1. The lowest BCUT2D eigenvalue weighted by atomic mass is 10.1. The summed E-state index contributed by atoms with van der Waals surface area (Å²) in [6.45, 7) is 3.19. The van der Waals surface area contributed by atoms with E-state index in [0.717, 1.165) is 5.56 Å². The van der Waals surface area contributed by atoms with Crippen molar-refractivity contribution in [3.05, 3.63) is 71.5 Å². The summed E-state index contributed by atoms with van der Waals surface area (Å²) >= 11 is 0. The molecule has 1 saturated heterocycles. The third-order valence-corrected chi connectivity index (χ3v) is 4.59. The Kier molecular flexibility index (Phi) is 5.79. The fraction of sp³-hybridized carbons (Fsp3) is 0.350. The monoisotopic (exact) mass is 342 g/mol. The van der Waals surface area contributed by atoms with E-state index in [2.05, 4.69) is 4.90 Å². The van der Waals surface area contributed by atoms with Gasteiger partial charge in [-0.25, -0.2) is 4.39 Å². The first kappa shape index (κ1) is 17.6. The second kappa shape index (κ2) is 8.23. The van der Waals surface area contributed by atoms with E-state index in [4.69, 9.17) is 0 Å². The van der Waals surface area contributed by atoms with Crippen molar-refractivity contribution in [2.24, 2.45) is 0 Å². The number of hydrogen-bond donors (Lipinski definition) is 1. The van der Waals surface area contributed by atoms with E-state index in [1.165, 1.54) is 12.1 Å². The standard InChI is InChI=1S/C20H23FN2O2/c21-18-8-4-7-17(14-18)19(24)15-22-9-11-23(12-10-22)20(25)13-16-5-2-1-3-6-16/h1-8,14,19,24H,9-13,15H2. The van der Waals surface area contributed by atoms with Gasteiger partial charge in [-0.2, -0.15) is 0 Å². The first-order valence-corrected chi connectivity index (χ1v) is 8.59. The molecule has 4 nitrogen and oxygen atoms in total. The quantitative estimate of drug-likeness (QED) is 0.906.